The molecular formula is C18H27N3O2. The average Bonchev–Trinajstić information content (AvgIpc) is 3.40. The zero-order valence-electron chi connectivity index (χ0n) is 13.9. The molecule has 0 spiro atoms. The molecule has 1 aromatic rings. The second kappa shape index (κ2) is 7.79. The van der Waals surface area contributed by atoms with Crippen LogP contribution in [0.5, 0.6) is 0 Å². The highest BCUT2D eigenvalue weighted by Gasteiger charge is 2.39. The van der Waals surface area contributed by atoms with Crippen molar-refractivity contribution in [2.75, 3.05) is 39.9 Å². The molecule has 5 nitrogen and oxygen atoms in total. The molecule has 1 aromatic carbocycles. The van der Waals surface area contributed by atoms with Crippen LogP contribution in [0.4, 0.5) is 4.79 Å². The van der Waals surface area contributed by atoms with Gasteiger partial charge in [-0.05, 0) is 31.4 Å². The third-order valence-electron chi connectivity index (χ3n) is 4.66. The van der Waals surface area contributed by atoms with Crippen molar-refractivity contribution in [1.82, 2.24) is 15.1 Å². The Kier molecular flexibility index (Phi) is 5.51. The summed E-state index contributed by atoms with van der Waals surface area (Å²) in [5, 5.41) is 3.07. The van der Waals surface area contributed by atoms with Gasteiger partial charge in [-0.3, -0.25) is 0 Å². The Morgan fingerprint density at radius 1 is 1.35 bits per heavy atom. The first-order chi connectivity index (χ1) is 11.2. The SMILES string of the molecule is CN(CCNC(=O)N1CCOC[C@H]1C1CC1)Cc1ccccc1. The normalized spacial score (nSPS) is 21.5. The molecule has 2 amide bonds. The van der Waals surface area contributed by atoms with Gasteiger partial charge in [0.05, 0.1) is 19.3 Å². The second-order valence-electron chi connectivity index (χ2n) is 6.63. The van der Waals surface area contributed by atoms with Gasteiger partial charge >= 0.3 is 6.03 Å². The number of nitrogens with one attached hydrogen (secondary N) is 1. The number of benzene rings is 1. The number of ether oxygens (including phenoxy) is 1. The highest BCUT2D eigenvalue weighted by atomic mass is 16.5. The van der Waals surface area contributed by atoms with Crippen molar-refractivity contribution in [3.63, 3.8) is 0 Å². The third-order valence-corrected chi connectivity index (χ3v) is 4.66. The van der Waals surface area contributed by atoms with E-state index in [0.29, 0.717) is 32.2 Å². The van der Waals surface area contributed by atoms with Crippen LogP contribution in [0.2, 0.25) is 0 Å². The first-order valence-electron chi connectivity index (χ1n) is 8.59. The van der Waals surface area contributed by atoms with Crippen LogP contribution < -0.4 is 5.32 Å². The molecule has 1 atom stereocenters. The molecule has 0 bridgehead atoms. The number of hydrogen-bond acceptors (Lipinski definition) is 3. The minimum Gasteiger partial charge on any atom is -0.377 e. The number of likely N-dealkylation sites (N-methyl/N-ethyl adjacent to an activating group) is 1. The molecule has 0 radical (unpaired) electrons. The molecule has 126 valence electrons. The molecule has 1 aliphatic carbocycles. The lowest BCUT2D eigenvalue weighted by atomic mass is 10.1. The summed E-state index contributed by atoms with van der Waals surface area (Å²) in [4.78, 5) is 16.6. The lowest BCUT2D eigenvalue weighted by Crippen LogP contribution is -2.54. The van der Waals surface area contributed by atoms with Gasteiger partial charge in [0.1, 0.15) is 0 Å². The predicted octanol–water partition coefficient (Wildman–Crippen LogP) is 1.94. The van der Waals surface area contributed by atoms with E-state index in [0.717, 1.165) is 13.1 Å². The van der Waals surface area contributed by atoms with Crippen LogP contribution in [0.1, 0.15) is 18.4 Å². The Bertz CT molecular complexity index is 504. The predicted molar refractivity (Wildman–Crippen MR) is 90.2 cm³/mol. The Morgan fingerprint density at radius 2 is 2.13 bits per heavy atom. The van der Waals surface area contributed by atoms with Crippen molar-refractivity contribution in [3.05, 3.63) is 35.9 Å². The molecule has 1 aliphatic heterocycles. The maximum absolute atomic E-state index is 12.4. The van der Waals surface area contributed by atoms with Crippen molar-refractivity contribution in [2.45, 2.75) is 25.4 Å². The number of hydrogen-bond donors (Lipinski definition) is 1. The van der Waals surface area contributed by atoms with Crippen LogP contribution in [-0.2, 0) is 11.3 Å². The molecule has 3 rings (SSSR count). The van der Waals surface area contributed by atoms with Crippen molar-refractivity contribution in [2.24, 2.45) is 5.92 Å². The highest BCUT2D eigenvalue weighted by Crippen LogP contribution is 2.36. The molecular weight excluding hydrogens is 290 g/mol. The second-order valence-corrected chi connectivity index (χ2v) is 6.63. The maximum atomic E-state index is 12.4. The van der Waals surface area contributed by atoms with Gasteiger partial charge < -0.3 is 19.9 Å². The van der Waals surface area contributed by atoms with E-state index in [4.69, 9.17) is 4.74 Å². The summed E-state index contributed by atoms with van der Waals surface area (Å²) in [5.74, 6) is 0.654. The van der Waals surface area contributed by atoms with Gasteiger partial charge in [-0.2, -0.15) is 0 Å². The number of nitrogens with zero attached hydrogens (tertiary/aromatic N) is 2. The van der Waals surface area contributed by atoms with Gasteiger partial charge in [-0.1, -0.05) is 30.3 Å². The van der Waals surface area contributed by atoms with Gasteiger partial charge in [0.25, 0.3) is 0 Å². The van der Waals surface area contributed by atoms with Crippen molar-refractivity contribution >= 4 is 6.03 Å². The first-order valence-corrected chi connectivity index (χ1v) is 8.59. The molecule has 23 heavy (non-hydrogen) atoms. The van der Waals surface area contributed by atoms with Gasteiger partial charge in [0.15, 0.2) is 0 Å². The van der Waals surface area contributed by atoms with Crippen LogP contribution in [0.3, 0.4) is 0 Å². The average molecular weight is 317 g/mol. The fourth-order valence-electron chi connectivity index (χ4n) is 3.18. The Hall–Kier alpha value is -1.59. The molecule has 2 fully saturated rings. The van der Waals surface area contributed by atoms with Crippen molar-refractivity contribution < 1.29 is 9.53 Å². The van der Waals surface area contributed by atoms with Gasteiger partial charge in [-0.15, -0.1) is 0 Å². The quantitative estimate of drug-likeness (QED) is 0.872. The molecule has 0 unspecified atom stereocenters. The van der Waals surface area contributed by atoms with Crippen molar-refractivity contribution in [1.29, 1.82) is 0 Å². The van der Waals surface area contributed by atoms with Gasteiger partial charge in [0, 0.05) is 26.2 Å². The molecule has 0 aromatic heterocycles. The van der Waals surface area contributed by atoms with Crippen LogP contribution in [0, 0.1) is 5.92 Å². The van der Waals surface area contributed by atoms with E-state index in [1.165, 1.54) is 18.4 Å². The van der Waals surface area contributed by atoms with Gasteiger partial charge in [0.2, 0.25) is 0 Å². The van der Waals surface area contributed by atoms with Crippen molar-refractivity contribution in [3.8, 4) is 0 Å². The summed E-state index contributed by atoms with van der Waals surface area (Å²) >= 11 is 0. The topological polar surface area (TPSA) is 44.8 Å². The highest BCUT2D eigenvalue weighted by molar-refractivity contribution is 5.74. The zero-order chi connectivity index (χ0) is 16.1. The summed E-state index contributed by atoms with van der Waals surface area (Å²) in [6.45, 7) is 4.50. The molecule has 5 heteroatoms. The van der Waals surface area contributed by atoms with Crippen LogP contribution in [0.25, 0.3) is 0 Å². The zero-order valence-corrected chi connectivity index (χ0v) is 13.9. The van der Waals surface area contributed by atoms with Crippen LogP contribution >= 0.6 is 0 Å². The summed E-state index contributed by atoms with van der Waals surface area (Å²) < 4.78 is 5.54. The van der Waals surface area contributed by atoms with E-state index in [1.807, 2.05) is 11.0 Å². The number of urea groups is 1. The van der Waals surface area contributed by atoms with E-state index < -0.39 is 0 Å². The first kappa shape index (κ1) is 16.3. The monoisotopic (exact) mass is 317 g/mol. The molecule has 1 heterocycles. The Morgan fingerprint density at radius 3 is 2.87 bits per heavy atom. The van der Waals surface area contributed by atoms with Crippen LogP contribution in [0.15, 0.2) is 30.3 Å². The van der Waals surface area contributed by atoms with E-state index in [-0.39, 0.29) is 12.1 Å². The molecule has 1 saturated carbocycles. The largest absolute Gasteiger partial charge is 0.377 e. The van der Waals surface area contributed by atoms with Gasteiger partial charge in [-0.25, -0.2) is 4.79 Å². The standard InChI is InChI=1S/C18H27N3O2/c1-20(13-15-5-3-2-4-6-15)10-9-19-18(22)21-11-12-23-14-17(21)16-7-8-16/h2-6,16-17H,7-14H2,1H3,(H,19,22)/t17-/m0/s1. The smallest absolute Gasteiger partial charge is 0.317 e. The lowest BCUT2D eigenvalue weighted by molar-refractivity contribution is 0.00466. The van der Waals surface area contributed by atoms with E-state index >= 15 is 0 Å². The van der Waals surface area contributed by atoms with E-state index in [9.17, 15) is 4.79 Å². The lowest BCUT2D eigenvalue weighted by Gasteiger charge is -2.36. The van der Waals surface area contributed by atoms with Crippen LogP contribution in [-0.4, -0.2) is 61.8 Å². The van der Waals surface area contributed by atoms with E-state index in [1.54, 1.807) is 0 Å². The number of morpholine rings is 1. The molecule has 1 N–H and O–H groups in total. The number of carbonyl (C=O) groups excluding carboxylic acids is 1. The Balaban J connectivity index is 1.40. The molecule has 2 aliphatic rings. The fraction of sp³-hybridized carbons (Fsp3) is 0.611. The maximum Gasteiger partial charge on any atom is 0.317 e. The molecule has 1 saturated heterocycles. The minimum absolute atomic E-state index is 0.0679. The summed E-state index contributed by atoms with van der Waals surface area (Å²) in [6, 6.07) is 10.8. The fourth-order valence-corrected chi connectivity index (χ4v) is 3.18. The number of carbonyl (C=O) groups is 1. The minimum atomic E-state index is 0.0679. The van der Waals surface area contributed by atoms with E-state index in [2.05, 4.69) is 41.5 Å². The summed E-state index contributed by atoms with van der Waals surface area (Å²) in [6.07, 6.45) is 2.47. The Labute approximate surface area is 138 Å². The third kappa shape index (κ3) is 4.69. The summed E-state index contributed by atoms with van der Waals surface area (Å²) in [7, 11) is 2.08. The summed E-state index contributed by atoms with van der Waals surface area (Å²) in [5.41, 5.74) is 1.29. The number of rotatable bonds is 6. The number of amides is 2.